The van der Waals surface area contributed by atoms with Crippen LogP contribution in [0.2, 0.25) is 0 Å². The molecule has 1 aromatic carbocycles. The zero-order chi connectivity index (χ0) is 22.1. The Morgan fingerprint density at radius 2 is 1.93 bits per heavy atom. The molecule has 0 bridgehead atoms. The van der Waals surface area contributed by atoms with E-state index in [1.807, 2.05) is 44.3 Å². The van der Waals surface area contributed by atoms with Crippen LogP contribution in [0, 0.1) is 23.7 Å². The maximum Gasteiger partial charge on any atom is 0.303 e. The van der Waals surface area contributed by atoms with E-state index in [0.29, 0.717) is 18.5 Å². The Bertz CT molecular complexity index is 805. The van der Waals surface area contributed by atoms with Crippen LogP contribution in [0.4, 0.5) is 0 Å². The van der Waals surface area contributed by atoms with E-state index in [4.69, 9.17) is 4.74 Å². The Kier molecular flexibility index (Phi) is 6.71. The molecular weight excluding hydrogens is 378 g/mol. The smallest absolute Gasteiger partial charge is 0.303 e. The number of benzene rings is 1. The maximum atomic E-state index is 12.8. The number of amides is 1. The normalized spacial score (nSPS) is 31.9. The topological polar surface area (TPSA) is 66.8 Å². The van der Waals surface area contributed by atoms with Crippen molar-refractivity contribution >= 4 is 11.9 Å². The van der Waals surface area contributed by atoms with Crippen LogP contribution in [0.15, 0.2) is 42.0 Å². The van der Waals surface area contributed by atoms with Crippen molar-refractivity contribution in [3.63, 3.8) is 0 Å². The molecule has 1 fully saturated rings. The van der Waals surface area contributed by atoms with E-state index >= 15 is 0 Å². The zero-order valence-electron chi connectivity index (χ0n) is 18.8. The van der Waals surface area contributed by atoms with E-state index in [-0.39, 0.29) is 41.7 Å². The highest BCUT2D eigenvalue weighted by molar-refractivity contribution is 5.93. The second-order valence-electron chi connectivity index (χ2n) is 9.40. The molecule has 1 amide bonds. The van der Waals surface area contributed by atoms with Crippen LogP contribution in [0.25, 0.3) is 0 Å². The highest BCUT2D eigenvalue weighted by atomic mass is 16.5. The van der Waals surface area contributed by atoms with Gasteiger partial charge in [0, 0.05) is 38.4 Å². The van der Waals surface area contributed by atoms with E-state index < -0.39 is 5.60 Å². The number of fused-ring (bicyclic) bond motifs is 1. The summed E-state index contributed by atoms with van der Waals surface area (Å²) in [7, 11) is 1.85. The predicted octanol–water partition coefficient (Wildman–Crippen LogP) is 4.07. The lowest BCUT2D eigenvalue weighted by molar-refractivity contribution is -0.159. The summed E-state index contributed by atoms with van der Waals surface area (Å²) in [6.07, 6.45) is 4.17. The summed E-state index contributed by atoms with van der Waals surface area (Å²) in [4.78, 5) is 26.1. The van der Waals surface area contributed by atoms with Crippen molar-refractivity contribution in [1.29, 1.82) is 0 Å². The fourth-order valence-electron chi connectivity index (χ4n) is 5.45. The number of carbonyl (C=O) groups excluding carboxylic acids is 2. The van der Waals surface area contributed by atoms with Crippen LogP contribution in [-0.4, -0.2) is 47.2 Å². The minimum absolute atomic E-state index is 0.00304. The summed E-state index contributed by atoms with van der Waals surface area (Å²) in [6.45, 7) is 8.31. The molecule has 0 aliphatic heterocycles. The van der Waals surface area contributed by atoms with Gasteiger partial charge in [-0.3, -0.25) is 9.59 Å². The van der Waals surface area contributed by atoms with Crippen LogP contribution < -0.4 is 0 Å². The first kappa shape index (κ1) is 22.5. The number of esters is 1. The van der Waals surface area contributed by atoms with Crippen LogP contribution in [0.1, 0.15) is 57.3 Å². The minimum atomic E-state index is -0.890. The molecule has 6 atom stereocenters. The van der Waals surface area contributed by atoms with Gasteiger partial charge in [-0.15, -0.1) is 0 Å². The molecule has 0 radical (unpaired) electrons. The van der Waals surface area contributed by atoms with E-state index in [1.54, 1.807) is 4.90 Å². The molecule has 1 saturated carbocycles. The van der Waals surface area contributed by atoms with Crippen molar-refractivity contribution < 1.29 is 19.4 Å². The Morgan fingerprint density at radius 3 is 2.57 bits per heavy atom. The first-order valence-corrected chi connectivity index (χ1v) is 11.0. The number of rotatable bonds is 5. The third kappa shape index (κ3) is 4.46. The standard InChI is InChI=1S/C25H35NO4/c1-16-13-22-21(12-11-18(3)25(22,29)14-23(16)30-19(4)27)17(2)15-26(5)24(28)20-9-7-6-8-10-20/h6-10,13,17-18,21-23,29H,11-12,14-15H2,1-5H3/t17?,18-,21+,22-,23-,25-/m1/s1. The molecule has 2 aliphatic carbocycles. The van der Waals surface area contributed by atoms with Gasteiger partial charge < -0.3 is 14.7 Å². The number of aliphatic hydroxyl groups is 1. The Balaban J connectivity index is 1.77. The van der Waals surface area contributed by atoms with Crippen LogP contribution >= 0.6 is 0 Å². The van der Waals surface area contributed by atoms with Crippen LogP contribution in [-0.2, 0) is 9.53 Å². The summed E-state index contributed by atoms with van der Waals surface area (Å²) >= 11 is 0. The van der Waals surface area contributed by atoms with E-state index in [0.717, 1.165) is 18.4 Å². The van der Waals surface area contributed by atoms with Gasteiger partial charge in [-0.05, 0) is 55.2 Å². The third-order valence-corrected chi connectivity index (χ3v) is 7.26. The molecular formula is C25H35NO4. The molecule has 164 valence electrons. The number of hydrogen-bond donors (Lipinski definition) is 1. The summed E-state index contributed by atoms with van der Waals surface area (Å²) in [6, 6.07) is 9.34. The lowest BCUT2D eigenvalue weighted by Crippen LogP contribution is -2.56. The second kappa shape index (κ2) is 8.93. The molecule has 30 heavy (non-hydrogen) atoms. The molecule has 0 spiro atoms. The molecule has 1 aromatic rings. The SMILES string of the molecule is CC(=O)O[C@@H]1C[C@@]2(O)[C@H](C)CC[C@@H](C(C)CN(C)C(=O)c3ccccc3)[C@H]2C=C1C. The van der Waals surface area contributed by atoms with Gasteiger partial charge in [-0.2, -0.15) is 0 Å². The molecule has 0 saturated heterocycles. The zero-order valence-corrected chi connectivity index (χ0v) is 18.8. The number of ether oxygens (including phenoxy) is 1. The first-order valence-electron chi connectivity index (χ1n) is 11.0. The maximum absolute atomic E-state index is 12.8. The predicted molar refractivity (Wildman–Crippen MR) is 117 cm³/mol. The lowest BCUT2D eigenvalue weighted by Gasteiger charge is -2.53. The first-order chi connectivity index (χ1) is 14.1. The van der Waals surface area contributed by atoms with Crippen molar-refractivity contribution in [2.45, 2.75) is 58.7 Å². The Morgan fingerprint density at radius 1 is 1.27 bits per heavy atom. The molecule has 3 rings (SSSR count). The van der Waals surface area contributed by atoms with E-state index in [2.05, 4.69) is 19.9 Å². The molecule has 2 aliphatic rings. The van der Waals surface area contributed by atoms with Gasteiger partial charge in [0.1, 0.15) is 6.10 Å². The monoisotopic (exact) mass is 413 g/mol. The van der Waals surface area contributed by atoms with Crippen molar-refractivity contribution in [1.82, 2.24) is 4.90 Å². The Hall–Kier alpha value is -2.14. The van der Waals surface area contributed by atoms with Gasteiger partial charge >= 0.3 is 5.97 Å². The number of hydrogen-bond acceptors (Lipinski definition) is 4. The summed E-state index contributed by atoms with van der Waals surface area (Å²) in [5.41, 5.74) is 0.817. The summed E-state index contributed by atoms with van der Waals surface area (Å²) in [5, 5.41) is 11.7. The lowest BCUT2D eigenvalue weighted by atomic mass is 9.57. The van der Waals surface area contributed by atoms with Gasteiger partial charge in [0.05, 0.1) is 5.60 Å². The Labute approximate surface area is 180 Å². The minimum Gasteiger partial charge on any atom is -0.458 e. The molecule has 5 nitrogen and oxygen atoms in total. The number of carbonyl (C=O) groups is 2. The quantitative estimate of drug-likeness (QED) is 0.584. The van der Waals surface area contributed by atoms with Crippen molar-refractivity contribution in [2.75, 3.05) is 13.6 Å². The second-order valence-corrected chi connectivity index (χ2v) is 9.40. The highest BCUT2D eigenvalue weighted by Crippen LogP contribution is 2.51. The van der Waals surface area contributed by atoms with Gasteiger partial charge in [-0.25, -0.2) is 0 Å². The fraction of sp³-hybridized carbons (Fsp3) is 0.600. The van der Waals surface area contributed by atoms with E-state index in [1.165, 1.54) is 6.92 Å². The fourth-order valence-corrected chi connectivity index (χ4v) is 5.45. The van der Waals surface area contributed by atoms with Crippen molar-refractivity contribution in [3.05, 3.63) is 47.5 Å². The molecule has 0 heterocycles. The molecule has 0 aromatic heterocycles. The summed E-state index contributed by atoms with van der Waals surface area (Å²) < 4.78 is 5.49. The van der Waals surface area contributed by atoms with Gasteiger partial charge in [-0.1, -0.05) is 38.1 Å². The van der Waals surface area contributed by atoms with E-state index in [9.17, 15) is 14.7 Å². The van der Waals surface area contributed by atoms with Crippen molar-refractivity contribution in [3.8, 4) is 0 Å². The average molecular weight is 414 g/mol. The van der Waals surface area contributed by atoms with Gasteiger partial charge in [0.15, 0.2) is 0 Å². The van der Waals surface area contributed by atoms with Crippen LogP contribution in [0.3, 0.4) is 0 Å². The third-order valence-electron chi connectivity index (χ3n) is 7.26. The van der Waals surface area contributed by atoms with Crippen molar-refractivity contribution in [2.24, 2.45) is 23.7 Å². The highest BCUT2D eigenvalue weighted by Gasteiger charge is 2.52. The van der Waals surface area contributed by atoms with Gasteiger partial charge in [0.2, 0.25) is 0 Å². The number of nitrogens with zero attached hydrogens (tertiary/aromatic N) is 1. The molecule has 1 N–H and O–H groups in total. The largest absolute Gasteiger partial charge is 0.458 e. The average Bonchev–Trinajstić information content (AvgIpc) is 2.70. The molecule has 5 heteroatoms. The van der Waals surface area contributed by atoms with Gasteiger partial charge in [0.25, 0.3) is 5.91 Å². The van der Waals surface area contributed by atoms with Crippen LogP contribution in [0.5, 0.6) is 0 Å². The summed E-state index contributed by atoms with van der Waals surface area (Å²) in [5.74, 6) is 0.350. The molecule has 1 unspecified atom stereocenters.